The van der Waals surface area contributed by atoms with E-state index in [0.717, 1.165) is 5.01 Å². The minimum atomic E-state index is -0.618. The van der Waals surface area contributed by atoms with Crippen LogP contribution in [0.2, 0.25) is 10.0 Å². The SMILES string of the molecule is C[C@@H]1C=CC[C@@H]2C(=O)N(NC(=O)c3ccc(Cl)cc3Cl)C(=O)[C@@H]12. The molecule has 1 heterocycles. The Balaban J connectivity index is 1.82. The van der Waals surface area contributed by atoms with Gasteiger partial charge in [-0.2, -0.15) is 5.01 Å². The van der Waals surface area contributed by atoms with Crippen LogP contribution in [0.3, 0.4) is 0 Å². The van der Waals surface area contributed by atoms with Gasteiger partial charge in [0.25, 0.3) is 17.7 Å². The highest BCUT2D eigenvalue weighted by molar-refractivity contribution is 6.36. The molecule has 1 aliphatic heterocycles. The van der Waals surface area contributed by atoms with E-state index in [4.69, 9.17) is 23.2 Å². The fraction of sp³-hybridized carbons (Fsp3) is 0.312. The van der Waals surface area contributed by atoms with Crippen LogP contribution in [0.15, 0.2) is 30.4 Å². The first-order valence-corrected chi connectivity index (χ1v) is 7.96. The molecule has 0 spiro atoms. The fourth-order valence-electron chi connectivity index (χ4n) is 3.09. The highest BCUT2D eigenvalue weighted by atomic mass is 35.5. The maximum atomic E-state index is 12.5. The molecule has 3 rings (SSSR count). The van der Waals surface area contributed by atoms with E-state index in [9.17, 15) is 14.4 Å². The van der Waals surface area contributed by atoms with E-state index in [1.54, 1.807) is 0 Å². The average Bonchev–Trinajstić information content (AvgIpc) is 2.73. The van der Waals surface area contributed by atoms with Crippen molar-refractivity contribution in [2.75, 3.05) is 0 Å². The normalized spacial score (nSPS) is 26.4. The van der Waals surface area contributed by atoms with E-state index >= 15 is 0 Å². The van der Waals surface area contributed by atoms with Gasteiger partial charge >= 0.3 is 0 Å². The molecule has 120 valence electrons. The van der Waals surface area contributed by atoms with Crippen molar-refractivity contribution in [3.8, 4) is 0 Å². The number of amides is 3. The molecule has 5 nitrogen and oxygen atoms in total. The van der Waals surface area contributed by atoms with Crippen LogP contribution in [-0.4, -0.2) is 22.7 Å². The lowest BCUT2D eigenvalue weighted by Gasteiger charge is -2.22. The highest BCUT2D eigenvalue weighted by Gasteiger charge is 2.50. The number of rotatable bonds is 2. The zero-order valence-electron chi connectivity index (χ0n) is 12.3. The number of fused-ring (bicyclic) bond motifs is 1. The first-order valence-electron chi connectivity index (χ1n) is 7.20. The molecule has 1 aromatic carbocycles. The molecule has 1 saturated heterocycles. The van der Waals surface area contributed by atoms with Crippen LogP contribution >= 0.6 is 23.2 Å². The van der Waals surface area contributed by atoms with Crippen molar-refractivity contribution in [3.05, 3.63) is 46.0 Å². The monoisotopic (exact) mass is 352 g/mol. The summed E-state index contributed by atoms with van der Waals surface area (Å²) in [5.41, 5.74) is 2.52. The summed E-state index contributed by atoms with van der Waals surface area (Å²) in [7, 11) is 0. The molecule has 7 heteroatoms. The van der Waals surface area contributed by atoms with Gasteiger partial charge in [-0.15, -0.1) is 0 Å². The summed E-state index contributed by atoms with van der Waals surface area (Å²) in [6, 6.07) is 4.39. The van der Waals surface area contributed by atoms with E-state index in [1.807, 2.05) is 19.1 Å². The Hall–Kier alpha value is -1.85. The van der Waals surface area contributed by atoms with E-state index in [-0.39, 0.29) is 28.3 Å². The number of carbonyl (C=O) groups is 3. The third-order valence-corrected chi connectivity index (χ3v) is 4.81. The Morgan fingerprint density at radius 3 is 2.65 bits per heavy atom. The summed E-state index contributed by atoms with van der Waals surface area (Å²) >= 11 is 11.8. The quantitative estimate of drug-likeness (QED) is 0.657. The van der Waals surface area contributed by atoms with Crippen molar-refractivity contribution in [3.63, 3.8) is 0 Å². The standard InChI is InChI=1S/C16H14Cl2N2O3/c1-8-3-2-4-11-13(8)16(23)20(15(11)22)19-14(21)10-6-5-9(17)7-12(10)18/h2-3,5-8,11,13H,4H2,1H3,(H,19,21)/t8-,11+,13+/m1/s1. The summed E-state index contributed by atoms with van der Waals surface area (Å²) in [5, 5.41) is 1.37. The molecule has 1 fully saturated rings. The molecular formula is C16H14Cl2N2O3. The van der Waals surface area contributed by atoms with Crippen molar-refractivity contribution >= 4 is 40.9 Å². The predicted octanol–water partition coefficient (Wildman–Crippen LogP) is 2.84. The summed E-state index contributed by atoms with van der Waals surface area (Å²) in [6.07, 6.45) is 4.33. The molecular weight excluding hydrogens is 339 g/mol. The lowest BCUT2D eigenvalue weighted by Crippen LogP contribution is -2.46. The van der Waals surface area contributed by atoms with Crippen LogP contribution < -0.4 is 5.43 Å². The molecule has 0 radical (unpaired) electrons. The third kappa shape index (κ3) is 2.75. The van der Waals surface area contributed by atoms with Gasteiger partial charge in [-0.05, 0) is 30.5 Å². The number of benzene rings is 1. The Morgan fingerprint density at radius 1 is 1.26 bits per heavy atom. The number of imide groups is 1. The molecule has 1 aromatic rings. The number of halogens is 2. The summed E-state index contributed by atoms with van der Waals surface area (Å²) in [6.45, 7) is 1.89. The van der Waals surface area contributed by atoms with Crippen LogP contribution in [-0.2, 0) is 9.59 Å². The summed E-state index contributed by atoms with van der Waals surface area (Å²) in [4.78, 5) is 37.2. The fourth-order valence-corrected chi connectivity index (χ4v) is 3.59. The minimum Gasteiger partial charge on any atom is -0.272 e. The zero-order chi connectivity index (χ0) is 16.7. The van der Waals surface area contributed by atoms with E-state index in [1.165, 1.54) is 18.2 Å². The second-order valence-corrected chi connectivity index (χ2v) is 6.58. The van der Waals surface area contributed by atoms with Crippen molar-refractivity contribution < 1.29 is 14.4 Å². The Labute approximate surface area is 143 Å². The van der Waals surface area contributed by atoms with Crippen molar-refractivity contribution in [2.45, 2.75) is 13.3 Å². The Morgan fingerprint density at radius 2 is 2.00 bits per heavy atom. The smallest absolute Gasteiger partial charge is 0.271 e. The highest BCUT2D eigenvalue weighted by Crippen LogP contribution is 2.37. The van der Waals surface area contributed by atoms with Gasteiger partial charge in [-0.3, -0.25) is 19.8 Å². The van der Waals surface area contributed by atoms with E-state index in [2.05, 4.69) is 5.43 Å². The Kier molecular flexibility index (Phi) is 4.17. The van der Waals surface area contributed by atoms with E-state index < -0.39 is 17.7 Å². The van der Waals surface area contributed by atoms with Crippen LogP contribution in [0.25, 0.3) is 0 Å². The molecule has 0 unspecified atom stereocenters. The van der Waals surface area contributed by atoms with E-state index in [0.29, 0.717) is 11.4 Å². The number of hydrazine groups is 1. The summed E-state index contributed by atoms with van der Waals surface area (Å²) in [5.74, 6) is -2.25. The number of hydrogen-bond acceptors (Lipinski definition) is 3. The van der Waals surface area contributed by atoms with Crippen molar-refractivity contribution in [1.29, 1.82) is 0 Å². The first kappa shape index (κ1) is 16.0. The Bertz CT molecular complexity index is 732. The van der Waals surface area contributed by atoms with Crippen LogP contribution in [0.5, 0.6) is 0 Å². The van der Waals surface area contributed by atoms with Crippen molar-refractivity contribution in [1.82, 2.24) is 10.4 Å². The van der Waals surface area contributed by atoms with Crippen LogP contribution in [0.4, 0.5) is 0 Å². The van der Waals surface area contributed by atoms with Gasteiger partial charge in [0.05, 0.1) is 22.4 Å². The number of hydrogen-bond donors (Lipinski definition) is 1. The average molecular weight is 353 g/mol. The first-order chi connectivity index (χ1) is 10.9. The lowest BCUT2D eigenvalue weighted by atomic mass is 9.78. The van der Waals surface area contributed by atoms with Gasteiger partial charge in [0.15, 0.2) is 0 Å². The van der Waals surface area contributed by atoms with Crippen LogP contribution in [0, 0.1) is 17.8 Å². The number of nitrogens with zero attached hydrogens (tertiary/aromatic N) is 1. The molecule has 0 aromatic heterocycles. The van der Waals surface area contributed by atoms with Gasteiger partial charge in [0, 0.05) is 5.02 Å². The maximum Gasteiger partial charge on any atom is 0.271 e. The predicted molar refractivity (Wildman–Crippen MR) is 85.7 cm³/mol. The van der Waals surface area contributed by atoms with Gasteiger partial charge in [-0.1, -0.05) is 42.3 Å². The molecule has 3 atom stereocenters. The largest absolute Gasteiger partial charge is 0.272 e. The topological polar surface area (TPSA) is 66.5 Å². The van der Waals surface area contributed by atoms with Gasteiger partial charge in [0.2, 0.25) is 0 Å². The van der Waals surface area contributed by atoms with Crippen LogP contribution in [0.1, 0.15) is 23.7 Å². The minimum absolute atomic E-state index is 0.0359. The maximum absolute atomic E-state index is 12.5. The number of nitrogens with one attached hydrogen (secondary N) is 1. The molecule has 2 aliphatic rings. The molecule has 0 bridgehead atoms. The van der Waals surface area contributed by atoms with Gasteiger partial charge < -0.3 is 0 Å². The zero-order valence-corrected chi connectivity index (χ0v) is 13.8. The molecule has 23 heavy (non-hydrogen) atoms. The molecule has 3 amide bonds. The molecule has 1 N–H and O–H groups in total. The summed E-state index contributed by atoms with van der Waals surface area (Å²) < 4.78 is 0. The third-order valence-electron chi connectivity index (χ3n) is 4.26. The van der Waals surface area contributed by atoms with Crippen molar-refractivity contribution in [2.24, 2.45) is 17.8 Å². The number of carbonyl (C=O) groups excluding carboxylic acids is 3. The van der Waals surface area contributed by atoms with Gasteiger partial charge in [0.1, 0.15) is 0 Å². The number of allylic oxidation sites excluding steroid dienone is 2. The second-order valence-electron chi connectivity index (χ2n) is 5.73. The molecule has 1 aliphatic carbocycles. The van der Waals surface area contributed by atoms with Gasteiger partial charge in [-0.25, -0.2) is 0 Å². The second kappa shape index (κ2) is 5.98. The lowest BCUT2D eigenvalue weighted by molar-refractivity contribution is -0.142. The molecule has 0 saturated carbocycles.